The van der Waals surface area contributed by atoms with Gasteiger partial charge in [-0.15, -0.1) is 0 Å². The summed E-state index contributed by atoms with van der Waals surface area (Å²) in [5.74, 6) is -0.208. The Morgan fingerprint density at radius 2 is 1.94 bits per heavy atom. The lowest BCUT2D eigenvalue weighted by Gasteiger charge is -2.21. The van der Waals surface area contributed by atoms with E-state index in [1.165, 1.54) is 19.3 Å². The van der Waals surface area contributed by atoms with Gasteiger partial charge in [-0.2, -0.15) is 9.97 Å². The zero-order valence-electron chi connectivity index (χ0n) is 9.24. The third-order valence-electron chi connectivity index (χ3n) is 2.80. The summed E-state index contributed by atoms with van der Waals surface area (Å²) in [6, 6.07) is 0.228. The second-order valence-corrected chi connectivity index (χ2v) is 4.49. The molecular formula is C11H15ClN2O2. The summed E-state index contributed by atoms with van der Waals surface area (Å²) in [5, 5.41) is 9.64. The van der Waals surface area contributed by atoms with Crippen LogP contribution in [-0.2, 0) is 0 Å². The summed E-state index contributed by atoms with van der Waals surface area (Å²) in [6.45, 7) is 1.72. The second-order valence-electron chi connectivity index (χ2n) is 4.11. The highest BCUT2D eigenvalue weighted by atomic mass is 35.5. The molecule has 0 amide bonds. The van der Waals surface area contributed by atoms with E-state index < -0.39 is 0 Å². The Bertz CT molecular complexity index is 355. The van der Waals surface area contributed by atoms with Crippen LogP contribution in [-0.4, -0.2) is 21.2 Å². The average Bonchev–Trinajstić information content (AvgIpc) is 2.27. The molecule has 1 aliphatic carbocycles. The van der Waals surface area contributed by atoms with Gasteiger partial charge in [0, 0.05) is 0 Å². The highest BCUT2D eigenvalue weighted by Gasteiger charge is 2.17. The minimum Gasteiger partial charge on any atom is -0.492 e. The maximum absolute atomic E-state index is 9.45. The predicted molar refractivity (Wildman–Crippen MR) is 60.9 cm³/mol. The van der Waals surface area contributed by atoms with E-state index in [1.54, 1.807) is 6.92 Å². The molecule has 0 unspecified atom stereocenters. The summed E-state index contributed by atoms with van der Waals surface area (Å²) >= 11 is 5.76. The first-order valence-electron chi connectivity index (χ1n) is 5.56. The van der Waals surface area contributed by atoms with Crippen LogP contribution in [0.1, 0.15) is 37.8 Å². The summed E-state index contributed by atoms with van der Waals surface area (Å²) in [5.41, 5.74) is 0.542. The quantitative estimate of drug-likeness (QED) is 0.867. The topological polar surface area (TPSA) is 55.2 Å². The van der Waals surface area contributed by atoms with E-state index in [0.29, 0.717) is 5.69 Å². The lowest BCUT2D eigenvalue weighted by Crippen LogP contribution is -2.20. The first-order valence-corrected chi connectivity index (χ1v) is 5.94. The third-order valence-corrected chi connectivity index (χ3v) is 3.25. The van der Waals surface area contributed by atoms with Gasteiger partial charge in [-0.3, -0.25) is 0 Å². The van der Waals surface area contributed by atoms with Crippen molar-refractivity contribution in [1.29, 1.82) is 0 Å². The van der Waals surface area contributed by atoms with Crippen molar-refractivity contribution in [2.75, 3.05) is 0 Å². The third kappa shape index (κ3) is 2.55. The molecule has 1 N–H and O–H groups in total. The smallest absolute Gasteiger partial charge is 0.320 e. The van der Waals surface area contributed by atoms with Crippen molar-refractivity contribution in [3.05, 3.63) is 10.7 Å². The van der Waals surface area contributed by atoms with Crippen molar-refractivity contribution in [1.82, 2.24) is 9.97 Å². The summed E-state index contributed by atoms with van der Waals surface area (Å²) in [6.07, 6.45) is 5.88. The van der Waals surface area contributed by atoms with Gasteiger partial charge in [0.2, 0.25) is 5.88 Å². The van der Waals surface area contributed by atoms with Gasteiger partial charge >= 0.3 is 6.01 Å². The van der Waals surface area contributed by atoms with E-state index in [1.807, 2.05) is 0 Å². The molecule has 0 saturated heterocycles. The highest BCUT2D eigenvalue weighted by molar-refractivity contribution is 6.32. The van der Waals surface area contributed by atoms with Crippen LogP contribution in [0.2, 0.25) is 5.02 Å². The molecule has 0 bridgehead atoms. The molecule has 0 aliphatic heterocycles. The molecule has 1 aliphatic rings. The fourth-order valence-corrected chi connectivity index (χ4v) is 1.99. The highest BCUT2D eigenvalue weighted by Crippen LogP contribution is 2.27. The van der Waals surface area contributed by atoms with E-state index in [9.17, 15) is 5.11 Å². The van der Waals surface area contributed by atoms with Crippen LogP contribution in [0, 0.1) is 6.92 Å². The number of hydrogen-bond acceptors (Lipinski definition) is 4. The molecule has 1 fully saturated rings. The van der Waals surface area contributed by atoms with Crippen molar-refractivity contribution in [2.45, 2.75) is 45.1 Å². The zero-order chi connectivity index (χ0) is 11.5. The molecular weight excluding hydrogens is 228 g/mol. The fourth-order valence-electron chi connectivity index (χ4n) is 1.90. The minimum atomic E-state index is -0.208. The Balaban J connectivity index is 2.09. The monoisotopic (exact) mass is 242 g/mol. The molecule has 0 spiro atoms. The fraction of sp³-hybridized carbons (Fsp3) is 0.636. The number of nitrogens with zero attached hydrogens (tertiary/aromatic N) is 2. The maximum Gasteiger partial charge on any atom is 0.320 e. The Morgan fingerprint density at radius 1 is 1.25 bits per heavy atom. The molecule has 0 radical (unpaired) electrons. The minimum absolute atomic E-state index is 0.175. The van der Waals surface area contributed by atoms with Crippen molar-refractivity contribution < 1.29 is 9.84 Å². The van der Waals surface area contributed by atoms with Gasteiger partial charge in [0.15, 0.2) is 0 Å². The van der Waals surface area contributed by atoms with Crippen LogP contribution in [0.15, 0.2) is 0 Å². The maximum atomic E-state index is 9.45. The molecule has 2 rings (SSSR count). The second kappa shape index (κ2) is 4.87. The van der Waals surface area contributed by atoms with Gasteiger partial charge in [0.25, 0.3) is 0 Å². The van der Waals surface area contributed by atoms with Gasteiger partial charge in [0.1, 0.15) is 11.1 Å². The summed E-state index contributed by atoms with van der Waals surface area (Å²) in [4.78, 5) is 7.92. The Labute approximate surface area is 99.6 Å². The van der Waals surface area contributed by atoms with Crippen molar-refractivity contribution in [3.63, 3.8) is 0 Å². The number of ether oxygens (including phenoxy) is 1. The molecule has 88 valence electrons. The van der Waals surface area contributed by atoms with Crippen LogP contribution < -0.4 is 4.74 Å². The normalized spacial score (nSPS) is 17.4. The van der Waals surface area contributed by atoms with E-state index in [-0.39, 0.29) is 23.0 Å². The predicted octanol–water partition coefficient (Wildman–Crippen LogP) is 2.86. The number of aryl methyl sites for hydroxylation is 1. The molecule has 16 heavy (non-hydrogen) atoms. The Morgan fingerprint density at radius 3 is 2.56 bits per heavy atom. The number of aromatic hydroxyl groups is 1. The van der Waals surface area contributed by atoms with Crippen LogP contribution in [0.4, 0.5) is 0 Å². The van der Waals surface area contributed by atoms with E-state index >= 15 is 0 Å². The first-order chi connectivity index (χ1) is 7.66. The van der Waals surface area contributed by atoms with Crippen LogP contribution in [0.3, 0.4) is 0 Å². The number of rotatable bonds is 2. The van der Waals surface area contributed by atoms with Gasteiger partial charge in [-0.05, 0) is 32.6 Å². The first kappa shape index (κ1) is 11.5. The Hall–Kier alpha value is -1.03. The standard InChI is InChI=1S/C11H15ClN2O2/c1-7-9(12)10(15)14-11(13-7)16-8-5-3-2-4-6-8/h8H,2-6H2,1H3,(H,13,14,15). The number of hydrogen-bond donors (Lipinski definition) is 1. The summed E-state index contributed by atoms with van der Waals surface area (Å²) in [7, 11) is 0. The van der Waals surface area contributed by atoms with Crippen molar-refractivity contribution in [2.24, 2.45) is 0 Å². The Kier molecular flexibility index (Phi) is 3.49. The molecule has 0 atom stereocenters. The molecule has 1 aromatic rings. The van der Waals surface area contributed by atoms with Gasteiger partial charge in [0.05, 0.1) is 5.69 Å². The van der Waals surface area contributed by atoms with Crippen molar-refractivity contribution in [3.8, 4) is 11.9 Å². The van der Waals surface area contributed by atoms with E-state index in [0.717, 1.165) is 12.8 Å². The van der Waals surface area contributed by atoms with Crippen molar-refractivity contribution >= 4 is 11.6 Å². The van der Waals surface area contributed by atoms with Crippen LogP contribution >= 0.6 is 11.6 Å². The van der Waals surface area contributed by atoms with Crippen LogP contribution in [0.5, 0.6) is 11.9 Å². The SMILES string of the molecule is Cc1nc(OC2CCCCC2)nc(O)c1Cl. The van der Waals surface area contributed by atoms with E-state index in [4.69, 9.17) is 16.3 Å². The molecule has 4 nitrogen and oxygen atoms in total. The molecule has 1 saturated carbocycles. The van der Waals surface area contributed by atoms with Gasteiger partial charge in [-0.25, -0.2) is 0 Å². The number of aromatic nitrogens is 2. The van der Waals surface area contributed by atoms with Crippen LogP contribution in [0.25, 0.3) is 0 Å². The lowest BCUT2D eigenvalue weighted by atomic mass is 9.98. The average molecular weight is 243 g/mol. The molecule has 1 aromatic heterocycles. The lowest BCUT2D eigenvalue weighted by molar-refractivity contribution is 0.140. The molecule has 0 aromatic carbocycles. The van der Waals surface area contributed by atoms with Gasteiger partial charge < -0.3 is 9.84 Å². The molecule has 1 heterocycles. The van der Waals surface area contributed by atoms with Gasteiger partial charge in [-0.1, -0.05) is 18.0 Å². The zero-order valence-corrected chi connectivity index (χ0v) is 10.00. The van der Waals surface area contributed by atoms with E-state index in [2.05, 4.69) is 9.97 Å². The number of halogens is 1. The summed E-state index contributed by atoms with van der Waals surface area (Å²) < 4.78 is 5.63. The molecule has 5 heteroatoms. The largest absolute Gasteiger partial charge is 0.492 e.